The standard InChI is InChI=1S/C6H4FNO4S.Na/c7-5-2-1-4(13(11)12)3-6(5)8(9)10;/h1-3H,(H,11,12);/q;+1/p-1. The van der Waals surface area contributed by atoms with Crippen molar-refractivity contribution in [3.05, 3.63) is 34.1 Å². The van der Waals surface area contributed by atoms with Crippen LogP contribution in [0.2, 0.25) is 0 Å². The first-order valence-corrected chi connectivity index (χ1v) is 4.13. The second-order valence-electron chi connectivity index (χ2n) is 2.11. The molecule has 0 saturated heterocycles. The molecular formula is C6H3FNNaO4S. The molecule has 1 atom stereocenters. The fraction of sp³-hybridized carbons (Fsp3) is 0. The third-order valence-corrected chi connectivity index (χ3v) is 1.95. The molecule has 0 spiro atoms. The van der Waals surface area contributed by atoms with Crippen LogP contribution >= 0.6 is 0 Å². The largest absolute Gasteiger partial charge is 1.00 e. The molecule has 0 fully saturated rings. The first-order valence-electron chi connectivity index (χ1n) is 3.05. The summed E-state index contributed by atoms with van der Waals surface area (Å²) in [7, 11) is 0. The minimum absolute atomic E-state index is 0. The summed E-state index contributed by atoms with van der Waals surface area (Å²) in [5.74, 6) is -1.06. The Balaban J connectivity index is 0.00000169. The zero-order chi connectivity index (χ0) is 10.0. The van der Waals surface area contributed by atoms with E-state index >= 15 is 0 Å². The van der Waals surface area contributed by atoms with Gasteiger partial charge in [-0.05, 0) is 23.2 Å². The van der Waals surface area contributed by atoms with Gasteiger partial charge in [-0.3, -0.25) is 14.3 Å². The average Bonchev–Trinajstić information content (AvgIpc) is 2.04. The molecule has 0 heterocycles. The van der Waals surface area contributed by atoms with Gasteiger partial charge in [0.05, 0.1) is 4.92 Å². The van der Waals surface area contributed by atoms with Crippen LogP contribution in [0.3, 0.4) is 0 Å². The minimum Gasteiger partial charge on any atom is -0.768 e. The Morgan fingerprint density at radius 1 is 1.43 bits per heavy atom. The van der Waals surface area contributed by atoms with Gasteiger partial charge in [-0.15, -0.1) is 0 Å². The van der Waals surface area contributed by atoms with E-state index in [2.05, 4.69) is 0 Å². The Morgan fingerprint density at radius 2 is 2.00 bits per heavy atom. The van der Waals surface area contributed by atoms with Crippen molar-refractivity contribution in [2.45, 2.75) is 4.90 Å². The van der Waals surface area contributed by atoms with Crippen LogP contribution < -0.4 is 29.6 Å². The van der Waals surface area contributed by atoms with Crippen molar-refractivity contribution in [3.8, 4) is 0 Å². The number of nitrogens with zero attached hydrogens (tertiary/aromatic N) is 1. The second kappa shape index (κ2) is 5.52. The molecule has 1 rings (SSSR count). The molecule has 5 nitrogen and oxygen atoms in total. The van der Waals surface area contributed by atoms with E-state index in [9.17, 15) is 23.3 Å². The number of nitro benzene ring substituents is 1. The summed E-state index contributed by atoms with van der Waals surface area (Å²) in [4.78, 5) is 8.87. The molecule has 1 aromatic carbocycles. The van der Waals surface area contributed by atoms with Crippen molar-refractivity contribution in [1.29, 1.82) is 0 Å². The zero-order valence-corrected chi connectivity index (χ0v) is 9.91. The Hall–Kier alpha value is -0.340. The molecule has 0 aliphatic carbocycles. The minimum atomic E-state index is -2.59. The number of halogens is 1. The number of hydrogen-bond donors (Lipinski definition) is 0. The first kappa shape index (κ1) is 13.7. The van der Waals surface area contributed by atoms with Gasteiger partial charge in [0.2, 0.25) is 5.82 Å². The number of hydrogen-bond acceptors (Lipinski definition) is 4. The molecule has 1 unspecified atom stereocenters. The van der Waals surface area contributed by atoms with Crippen molar-refractivity contribution < 1.29 is 47.6 Å². The fourth-order valence-corrected chi connectivity index (χ4v) is 1.12. The third-order valence-electron chi connectivity index (χ3n) is 1.31. The van der Waals surface area contributed by atoms with Crippen molar-refractivity contribution in [2.24, 2.45) is 0 Å². The summed E-state index contributed by atoms with van der Waals surface area (Å²) in [6.45, 7) is 0. The molecule has 0 aliphatic rings. The van der Waals surface area contributed by atoms with Crippen LogP contribution in [-0.2, 0) is 11.1 Å². The van der Waals surface area contributed by atoms with Gasteiger partial charge in [-0.25, -0.2) is 0 Å². The quantitative estimate of drug-likeness (QED) is 0.252. The van der Waals surface area contributed by atoms with Crippen LogP contribution in [0.4, 0.5) is 10.1 Å². The summed E-state index contributed by atoms with van der Waals surface area (Å²) in [6.07, 6.45) is 0. The normalized spacial score (nSPS) is 11.6. The van der Waals surface area contributed by atoms with Crippen LogP contribution in [0.25, 0.3) is 0 Å². The van der Waals surface area contributed by atoms with Crippen LogP contribution in [0.15, 0.2) is 23.1 Å². The maximum Gasteiger partial charge on any atom is 1.00 e. The van der Waals surface area contributed by atoms with Crippen LogP contribution in [-0.4, -0.2) is 13.7 Å². The van der Waals surface area contributed by atoms with E-state index < -0.39 is 27.5 Å². The zero-order valence-electron chi connectivity index (χ0n) is 7.10. The van der Waals surface area contributed by atoms with E-state index in [1.54, 1.807) is 0 Å². The van der Waals surface area contributed by atoms with Crippen molar-refractivity contribution in [1.82, 2.24) is 0 Å². The molecular weight excluding hydrogens is 224 g/mol. The van der Waals surface area contributed by atoms with Gasteiger partial charge < -0.3 is 4.55 Å². The van der Waals surface area contributed by atoms with Gasteiger partial charge in [-0.1, -0.05) is 0 Å². The van der Waals surface area contributed by atoms with Gasteiger partial charge >= 0.3 is 35.2 Å². The van der Waals surface area contributed by atoms with Crippen LogP contribution in [0.5, 0.6) is 0 Å². The predicted molar refractivity (Wildman–Crippen MR) is 40.2 cm³/mol. The number of benzene rings is 1. The van der Waals surface area contributed by atoms with Gasteiger partial charge in [-0.2, -0.15) is 4.39 Å². The maximum atomic E-state index is 12.6. The van der Waals surface area contributed by atoms with Gasteiger partial charge in [0.15, 0.2) is 0 Å². The van der Waals surface area contributed by atoms with Crippen LogP contribution in [0.1, 0.15) is 0 Å². The molecule has 0 amide bonds. The fourth-order valence-electron chi connectivity index (χ4n) is 0.736. The molecule has 0 radical (unpaired) electrons. The van der Waals surface area contributed by atoms with E-state index in [-0.39, 0.29) is 34.5 Å². The Kier molecular flexibility index (Phi) is 5.38. The second-order valence-corrected chi connectivity index (χ2v) is 3.05. The molecule has 0 N–H and O–H groups in total. The molecule has 0 saturated carbocycles. The van der Waals surface area contributed by atoms with Crippen molar-refractivity contribution in [2.75, 3.05) is 0 Å². The molecule has 14 heavy (non-hydrogen) atoms. The maximum absolute atomic E-state index is 12.6. The topological polar surface area (TPSA) is 83.3 Å². The van der Waals surface area contributed by atoms with Crippen molar-refractivity contribution >= 4 is 16.8 Å². The predicted octanol–water partition coefficient (Wildman–Crippen LogP) is -2.02. The van der Waals surface area contributed by atoms with E-state index in [1.807, 2.05) is 0 Å². The third kappa shape index (κ3) is 3.10. The molecule has 8 heteroatoms. The Labute approximate surface area is 103 Å². The summed E-state index contributed by atoms with van der Waals surface area (Å²) in [5, 5.41) is 10.2. The molecule has 70 valence electrons. The molecule has 0 aromatic heterocycles. The molecule has 1 aromatic rings. The van der Waals surface area contributed by atoms with Gasteiger partial charge in [0, 0.05) is 11.0 Å². The number of rotatable bonds is 2. The molecule has 0 aliphatic heterocycles. The summed E-state index contributed by atoms with van der Waals surface area (Å²) >= 11 is -2.59. The first-order chi connectivity index (χ1) is 6.02. The van der Waals surface area contributed by atoms with E-state index in [4.69, 9.17) is 0 Å². The van der Waals surface area contributed by atoms with Crippen LogP contribution in [0, 0.1) is 15.9 Å². The summed E-state index contributed by atoms with van der Waals surface area (Å²) < 4.78 is 33.3. The van der Waals surface area contributed by atoms with E-state index in [1.165, 1.54) is 0 Å². The van der Waals surface area contributed by atoms with Crippen molar-refractivity contribution in [3.63, 3.8) is 0 Å². The Morgan fingerprint density at radius 3 is 2.43 bits per heavy atom. The monoisotopic (exact) mass is 227 g/mol. The summed E-state index contributed by atoms with van der Waals surface area (Å²) in [6, 6.07) is 2.35. The van der Waals surface area contributed by atoms with E-state index in [0.717, 1.165) is 12.1 Å². The average molecular weight is 227 g/mol. The smallest absolute Gasteiger partial charge is 0.768 e. The van der Waals surface area contributed by atoms with Gasteiger partial charge in [0.25, 0.3) is 0 Å². The Bertz CT molecular complexity index is 386. The number of nitro groups is 1. The van der Waals surface area contributed by atoms with E-state index in [0.29, 0.717) is 6.07 Å². The summed E-state index contributed by atoms with van der Waals surface area (Å²) in [5.41, 5.74) is -0.846. The SMILES string of the molecule is O=[N+]([O-])c1cc(S(=O)[O-])ccc1F.[Na+]. The molecule has 0 bridgehead atoms. The van der Waals surface area contributed by atoms with Gasteiger partial charge in [0.1, 0.15) is 0 Å².